The van der Waals surface area contributed by atoms with Crippen LogP contribution < -0.4 is 0 Å². The molecule has 6 nitrogen and oxygen atoms in total. The smallest absolute Gasteiger partial charge is 0.306 e. The Kier molecular flexibility index (Phi) is 54.9. The van der Waals surface area contributed by atoms with Crippen LogP contribution in [0.15, 0.2) is 97.2 Å². The van der Waals surface area contributed by atoms with Crippen LogP contribution in [-0.2, 0) is 28.6 Å². The number of ether oxygens (including phenoxy) is 3. The molecule has 0 bridgehead atoms. The van der Waals surface area contributed by atoms with Crippen molar-refractivity contribution in [2.75, 3.05) is 13.2 Å². The summed E-state index contributed by atoms with van der Waals surface area (Å²) in [7, 11) is 0. The van der Waals surface area contributed by atoms with E-state index in [1.54, 1.807) is 0 Å². The number of esters is 3. The predicted molar refractivity (Wildman–Crippen MR) is 302 cm³/mol. The number of allylic oxidation sites excluding steroid dienone is 16. The molecular formula is C64H108O6. The van der Waals surface area contributed by atoms with Gasteiger partial charge in [0.15, 0.2) is 6.10 Å². The van der Waals surface area contributed by atoms with Crippen molar-refractivity contribution in [1.82, 2.24) is 0 Å². The largest absolute Gasteiger partial charge is 0.462 e. The Labute approximate surface area is 432 Å². The van der Waals surface area contributed by atoms with Crippen LogP contribution in [0, 0.1) is 0 Å². The molecule has 0 heterocycles. The average molecular weight is 974 g/mol. The van der Waals surface area contributed by atoms with Gasteiger partial charge in [0, 0.05) is 19.3 Å². The van der Waals surface area contributed by atoms with Crippen molar-refractivity contribution in [3.05, 3.63) is 97.2 Å². The first-order chi connectivity index (χ1) is 34.5. The van der Waals surface area contributed by atoms with E-state index in [1.807, 2.05) is 12.2 Å². The molecule has 0 amide bonds. The molecule has 0 rings (SSSR count). The Morgan fingerprint density at radius 3 is 0.929 bits per heavy atom. The molecule has 400 valence electrons. The van der Waals surface area contributed by atoms with Gasteiger partial charge in [0.2, 0.25) is 0 Å². The minimum absolute atomic E-state index is 0.103. The minimum atomic E-state index is -0.809. The van der Waals surface area contributed by atoms with Gasteiger partial charge in [-0.25, -0.2) is 0 Å². The van der Waals surface area contributed by atoms with E-state index >= 15 is 0 Å². The Balaban J connectivity index is 3.98. The SMILES string of the molecule is CC/C=C\C/C=C\C/C=C\C/C=C\CCCCCCCCCCCCCCCCCCCCCCC(=O)OCC(COC(=O)CCCCCCCC)OC(=O)CC/C=C\C/C=C\C/C=C\C/C=C\CC. The highest BCUT2D eigenvalue weighted by Gasteiger charge is 2.19. The fraction of sp³-hybridized carbons (Fsp3) is 0.703. The third-order valence-corrected chi connectivity index (χ3v) is 12.3. The number of hydrogen-bond donors (Lipinski definition) is 0. The van der Waals surface area contributed by atoms with Crippen LogP contribution in [0.2, 0.25) is 0 Å². The van der Waals surface area contributed by atoms with E-state index < -0.39 is 12.1 Å². The molecule has 0 aromatic carbocycles. The predicted octanol–water partition coefficient (Wildman–Crippen LogP) is 19.7. The lowest BCUT2D eigenvalue weighted by molar-refractivity contribution is -0.166. The Bertz CT molecular complexity index is 1400. The molecule has 0 aliphatic carbocycles. The Morgan fingerprint density at radius 2 is 0.586 bits per heavy atom. The first-order valence-electron chi connectivity index (χ1n) is 29.2. The van der Waals surface area contributed by atoms with Gasteiger partial charge in [0.25, 0.3) is 0 Å². The van der Waals surface area contributed by atoms with E-state index in [-0.39, 0.29) is 31.6 Å². The van der Waals surface area contributed by atoms with Crippen molar-refractivity contribution < 1.29 is 28.6 Å². The lowest BCUT2D eigenvalue weighted by atomic mass is 10.0. The molecular weight excluding hydrogens is 865 g/mol. The van der Waals surface area contributed by atoms with Crippen molar-refractivity contribution in [1.29, 1.82) is 0 Å². The summed E-state index contributed by atoms with van der Waals surface area (Å²) in [5, 5.41) is 0. The lowest BCUT2D eigenvalue weighted by Crippen LogP contribution is -2.30. The number of hydrogen-bond acceptors (Lipinski definition) is 6. The second-order valence-electron chi connectivity index (χ2n) is 19.1. The maximum Gasteiger partial charge on any atom is 0.306 e. The molecule has 0 fully saturated rings. The molecule has 1 atom stereocenters. The van der Waals surface area contributed by atoms with Crippen LogP contribution in [0.3, 0.4) is 0 Å². The fourth-order valence-electron chi connectivity index (χ4n) is 8.04. The maximum absolute atomic E-state index is 12.7. The first-order valence-corrected chi connectivity index (χ1v) is 29.2. The van der Waals surface area contributed by atoms with E-state index in [0.29, 0.717) is 19.3 Å². The lowest BCUT2D eigenvalue weighted by Gasteiger charge is -2.18. The van der Waals surface area contributed by atoms with E-state index in [2.05, 4.69) is 106 Å². The summed E-state index contributed by atoms with van der Waals surface area (Å²) >= 11 is 0. The number of unbranched alkanes of at least 4 members (excludes halogenated alkanes) is 25. The summed E-state index contributed by atoms with van der Waals surface area (Å²) in [5.74, 6) is -0.992. The van der Waals surface area contributed by atoms with Crippen LogP contribution in [-0.4, -0.2) is 37.2 Å². The van der Waals surface area contributed by atoms with Crippen molar-refractivity contribution >= 4 is 17.9 Å². The third-order valence-electron chi connectivity index (χ3n) is 12.3. The topological polar surface area (TPSA) is 78.9 Å². The molecule has 6 heteroatoms. The quantitative estimate of drug-likeness (QED) is 0.0262. The monoisotopic (exact) mass is 973 g/mol. The second-order valence-corrected chi connectivity index (χ2v) is 19.1. The van der Waals surface area contributed by atoms with Crippen molar-refractivity contribution in [2.24, 2.45) is 0 Å². The van der Waals surface area contributed by atoms with Gasteiger partial charge >= 0.3 is 17.9 Å². The highest BCUT2D eigenvalue weighted by Crippen LogP contribution is 2.16. The van der Waals surface area contributed by atoms with Gasteiger partial charge in [-0.2, -0.15) is 0 Å². The highest BCUT2D eigenvalue weighted by molar-refractivity contribution is 5.71. The van der Waals surface area contributed by atoms with Crippen LogP contribution in [0.5, 0.6) is 0 Å². The Hall–Kier alpha value is -3.67. The second kappa shape index (κ2) is 57.9. The third kappa shape index (κ3) is 55.3. The average Bonchev–Trinajstić information content (AvgIpc) is 3.36. The first kappa shape index (κ1) is 66.3. The standard InChI is InChI=1S/C64H108O6/c1-4-7-10-13-16-18-20-22-23-24-25-26-27-28-29-30-31-32-33-34-35-36-37-38-39-40-41-43-44-46-48-51-54-57-63(66)69-60-61(59-68-62(65)56-53-50-15-12-9-6-3)70-64(67)58-55-52-49-47-45-42-21-19-17-14-11-8-5-2/h7-8,10-11,16-19,22-23,25-26,42,45,49,52,61H,4-6,9,12-15,20-21,24,27-41,43-44,46-48,50-51,53-60H2,1-3H3/b10-7-,11-8-,18-16-,19-17-,23-22-,26-25-,45-42-,52-49-. The molecule has 0 aliphatic heterocycles. The Morgan fingerprint density at radius 1 is 0.300 bits per heavy atom. The van der Waals surface area contributed by atoms with E-state index in [9.17, 15) is 14.4 Å². The van der Waals surface area contributed by atoms with E-state index in [1.165, 1.54) is 135 Å². The summed E-state index contributed by atoms with van der Waals surface area (Å²) < 4.78 is 16.6. The molecule has 1 unspecified atom stereocenters. The highest BCUT2D eigenvalue weighted by atomic mass is 16.6. The van der Waals surface area contributed by atoms with Gasteiger partial charge in [0.05, 0.1) is 0 Å². The zero-order valence-corrected chi connectivity index (χ0v) is 45.8. The van der Waals surface area contributed by atoms with E-state index in [0.717, 1.165) is 89.9 Å². The fourth-order valence-corrected chi connectivity index (χ4v) is 8.04. The zero-order chi connectivity index (χ0) is 50.7. The van der Waals surface area contributed by atoms with Gasteiger partial charge < -0.3 is 14.2 Å². The van der Waals surface area contributed by atoms with Crippen LogP contribution in [0.1, 0.15) is 271 Å². The maximum atomic E-state index is 12.7. The summed E-state index contributed by atoms with van der Waals surface area (Å²) in [6, 6.07) is 0. The van der Waals surface area contributed by atoms with Crippen LogP contribution in [0.25, 0.3) is 0 Å². The van der Waals surface area contributed by atoms with Crippen molar-refractivity contribution in [3.8, 4) is 0 Å². The van der Waals surface area contributed by atoms with Crippen molar-refractivity contribution in [3.63, 3.8) is 0 Å². The summed E-state index contributed by atoms with van der Waals surface area (Å²) in [5.41, 5.74) is 0. The molecule has 0 radical (unpaired) electrons. The molecule has 0 saturated carbocycles. The minimum Gasteiger partial charge on any atom is -0.462 e. The normalized spacial score (nSPS) is 12.8. The molecule has 0 aromatic heterocycles. The number of carbonyl (C=O) groups is 3. The zero-order valence-electron chi connectivity index (χ0n) is 45.8. The van der Waals surface area contributed by atoms with Crippen LogP contribution >= 0.6 is 0 Å². The molecule has 70 heavy (non-hydrogen) atoms. The molecule has 0 spiro atoms. The van der Waals surface area contributed by atoms with Gasteiger partial charge in [-0.05, 0) is 83.5 Å². The molecule has 0 N–H and O–H groups in total. The van der Waals surface area contributed by atoms with Crippen LogP contribution in [0.4, 0.5) is 0 Å². The summed E-state index contributed by atoms with van der Waals surface area (Å²) in [6.45, 7) is 6.29. The molecule has 0 aliphatic rings. The van der Waals surface area contributed by atoms with Gasteiger partial charge in [0.1, 0.15) is 13.2 Å². The summed E-state index contributed by atoms with van der Waals surface area (Å²) in [4.78, 5) is 37.7. The van der Waals surface area contributed by atoms with Gasteiger partial charge in [-0.15, -0.1) is 0 Å². The van der Waals surface area contributed by atoms with E-state index in [4.69, 9.17) is 14.2 Å². The summed E-state index contributed by atoms with van der Waals surface area (Å²) in [6.07, 6.45) is 77.7. The molecule has 0 saturated heterocycles. The number of carbonyl (C=O) groups excluding carboxylic acids is 3. The van der Waals surface area contributed by atoms with Gasteiger partial charge in [-0.1, -0.05) is 266 Å². The van der Waals surface area contributed by atoms with Crippen molar-refractivity contribution in [2.45, 2.75) is 277 Å². The van der Waals surface area contributed by atoms with Gasteiger partial charge in [-0.3, -0.25) is 14.4 Å². The molecule has 0 aromatic rings. The number of rotatable bonds is 52.